The maximum atomic E-state index is 11.5. The van der Waals surface area contributed by atoms with Gasteiger partial charge in [0.1, 0.15) is 5.60 Å². The summed E-state index contributed by atoms with van der Waals surface area (Å²) in [7, 11) is 0. The Morgan fingerprint density at radius 1 is 1.31 bits per heavy atom. The minimum atomic E-state index is -0.429. The summed E-state index contributed by atoms with van der Waals surface area (Å²) in [5.41, 5.74) is -0.429. The van der Waals surface area contributed by atoms with Gasteiger partial charge >= 0.3 is 6.09 Å². The Labute approximate surface area is 98.2 Å². The molecule has 0 aromatic carbocycles. The molecular weight excluding hydrogens is 202 g/mol. The van der Waals surface area contributed by atoms with E-state index in [9.17, 15) is 4.79 Å². The molecule has 0 radical (unpaired) electrons. The first kappa shape index (κ1) is 13.1. The first-order valence-electron chi connectivity index (χ1n) is 5.96. The summed E-state index contributed by atoms with van der Waals surface area (Å²) in [6, 6.07) is 0.112. The molecule has 16 heavy (non-hydrogen) atoms. The molecule has 0 spiro atoms. The van der Waals surface area contributed by atoms with Crippen molar-refractivity contribution in [1.29, 1.82) is 0 Å². The number of hydrogen-bond acceptors (Lipinski definition) is 2. The van der Waals surface area contributed by atoms with Crippen molar-refractivity contribution < 1.29 is 9.53 Å². The van der Waals surface area contributed by atoms with Crippen LogP contribution in [0.3, 0.4) is 0 Å². The molecule has 1 N–H and O–H groups in total. The van der Waals surface area contributed by atoms with E-state index in [1.165, 1.54) is 0 Å². The van der Waals surface area contributed by atoms with E-state index < -0.39 is 5.60 Å². The molecule has 3 atom stereocenters. The zero-order valence-electron chi connectivity index (χ0n) is 10.9. The molecule has 92 valence electrons. The number of carbonyl (C=O) groups is 1. The minimum absolute atomic E-state index is 0.112. The van der Waals surface area contributed by atoms with E-state index in [1.807, 2.05) is 20.8 Å². The van der Waals surface area contributed by atoms with Crippen LogP contribution in [0.5, 0.6) is 0 Å². The van der Waals surface area contributed by atoms with Gasteiger partial charge < -0.3 is 10.1 Å². The second-order valence-electron chi connectivity index (χ2n) is 5.71. The maximum Gasteiger partial charge on any atom is 0.408 e. The van der Waals surface area contributed by atoms with Gasteiger partial charge in [-0.2, -0.15) is 0 Å². The van der Waals surface area contributed by atoms with Crippen molar-refractivity contribution in [1.82, 2.24) is 5.32 Å². The highest BCUT2D eigenvalue weighted by Gasteiger charge is 2.23. The van der Waals surface area contributed by atoms with Crippen LogP contribution in [0.4, 0.5) is 4.79 Å². The molecule has 3 heteroatoms. The Balaban J connectivity index is 2.44. The van der Waals surface area contributed by atoms with Gasteiger partial charge in [0.2, 0.25) is 0 Å². The molecule has 0 heterocycles. The van der Waals surface area contributed by atoms with E-state index in [0.29, 0.717) is 11.8 Å². The number of rotatable bonds is 1. The molecule has 0 aromatic rings. The summed E-state index contributed by atoms with van der Waals surface area (Å²) in [5.74, 6) is 1.20. The number of alkyl carbamates (subject to hydrolysis) is 1. The predicted molar refractivity (Wildman–Crippen MR) is 65.2 cm³/mol. The van der Waals surface area contributed by atoms with Crippen LogP contribution in [0, 0.1) is 11.8 Å². The van der Waals surface area contributed by atoms with Crippen LogP contribution < -0.4 is 5.32 Å². The average Bonchev–Trinajstić information content (AvgIpc) is 2.08. The lowest BCUT2D eigenvalue weighted by Gasteiger charge is -2.28. The van der Waals surface area contributed by atoms with Gasteiger partial charge in [0.25, 0.3) is 0 Å². The first-order valence-corrected chi connectivity index (χ1v) is 5.96. The molecule has 0 fully saturated rings. The monoisotopic (exact) mass is 225 g/mol. The zero-order chi connectivity index (χ0) is 12.3. The van der Waals surface area contributed by atoms with Crippen molar-refractivity contribution in [2.24, 2.45) is 11.8 Å². The maximum absolute atomic E-state index is 11.5. The normalized spacial score (nSPS) is 29.9. The summed E-state index contributed by atoms with van der Waals surface area (Å²) in [5, 5.41) is 2.88. The Morgan fingerprint density at radius 3 is 2.44 bits per heavy atom. The lowest BCUT2D eigenvalue weighted by Crippen LogP contribution is -2.40. The van der Waals surface area contributed by atoms with Crippen LogP contribution in [-0.2, 0) is 4.74 Å². The number of amides is 1. The number of hydrogen-bond donors (Lipinski definition) is 1. The Kier molecular flexibility index (Phi) is 4.00. The number of ether oxygens (including phenoxy) is 1. The standard InChI is InChI=1S/C13H23NO2/c1-9-6-7-11(8-10(9)2)14-12(15)16-13(3,4)5/h6-7,9-11H,8H2,1-5H3,(H,14,15)/t9-,10-,11-/m1/s1. The quantitative estimate of drug-likeness (QED) is 0.696. The van der Waals surface area contributed by atoms with E-state index in [1.54, 1.807) is 0 Å². The third-order valence-electron chi connectivity index (χ3n) is 2.87. The van der Waals surface area contributed by atoms with Crippen molar-refractivity contribution in [3.63, 3.8) is 0 Å². The first-order chi connectivity index (χ1) is 7.28. The van der Waals surface area contributed by atoms with Gasteiger partial charge in [-0.25, -0.2) is 4.79 Å². The molecule has 1 aliphatic carbocycles. The van der Waals surface area contributed by atoms with Crippen molar-refractivity contribution in [3.05, 3.63) is 12.2 Å². The smallest absolute Gasteiger partial charge is 0.408 e. The predicted octanol–water partition coefficient (Wildman–Crippen LogP) is 3.11. The van der Waals surface area contributed by atoms with Crippen molar-refractivity contribution in [2.45, 2.75) is 52.7 Å². The summed E-state index contributed by atoms with van der Waals surface area (Å²) in [6.07, 6.45) is 4.88. The van der Waals surface area contributed by atoms with E-state index in [-0.39, 0.29) is 12.1 Å². The lowest BCUT2D eigenvalue weighted by molar-refractivity contribution is 0.0506. The van der Waals surface area contributed by atoms with Crippen molar-refractivity contribution in [2.75, 3.05) is 0 Å². The number of allylic oxidation sites excluding steroid dienone is 1. The van der Waals surface area contributed by atoms with E-state index in [0.717, 1.165) is 6.42 Å². The third kappa shape index (κ3) is 4.25. The summed E-state index contributed by atoms with van der Waals surface area (Å²) >= 11 is 0. The fraction of sp³-hybridized carbons (Fsp3) is 0.769. The summed E-state index contributed by atoms with van der Waals surface area (Å²) in [4.78, 5) is 11.5. The van der Waals surface area contributed by atoms with Crippen LogP contribution in [0.25, 0.3) is 0 Å². The molecule has 3 nitrogen and oxygen atoms in total. The molecule has 0 aromatic heterocycles. The van der Waals surface area contributed by atoms with Gasteiger partial charge in [-0.15, -0.1) is 0 Å². The van der Waals surface area contributed by atoms with E-state index >= 15 is 0 Å². The van der Waals surface area contributed by atoms with Gasteiger partial charge in [0.05, 0.1) is 6.04 Å². The molecule has 0 bridgehead atoms. The lowest BCUT2D eigenvalue weighted by atomic mass is 9.84. The highest BCUT2D eigenvalue weighted by molar-refractivity contribution is 5.68. The van der Waals surface area contributed by atoms with Gasteiger partial charge in [0.15, 0.2) is 0 Å². The minimum Gasteiger partial charge on any atom is -0.444 e. The van der Waals surface area contributed by atoms with Crippen LogP contribution in [0.15, 0.2) is 12.2 Å². The molecule has 0 unspecified atom stereocenters. The molecule has 0 saturated carbocycles. The van der Waals surface area contributed by atoms with E-state index in [2.05, 4.69) is 31.3 Å². The fourth-order valence-electron chi connectivity index (χ4n) is 1.76. The average molecular weight is 225 g/mol. The van der Waals surface area contributed by atoms with E-state index in [4.69, 9.17) is 4.74 Å². The number of carbonyl (C=O) groups excluding carboxylic acids is 1. The topological polar surface area (TPSA) is 38.3 Å². The second-order valence-corrected chi connectivity index (χ2v) is 5.71. The van der Waals surface area contributed by atoms with Gasteiger partial charge in [-0.05, 0) is 39.0 Å². The Morgan fingerprint density at radius 2 is 1.94 bits per heavy atom. The Bertz CT molecular complexity index is 278. The van der Waals surface area contributed by atoms with Crippen LogP contribution in [0.2, 0.25) is 0 Å². The SMILES string of the molecule is C[C@@H]1C=C[C@@H](NC(=O)OC(C)(C)C)C[C@H]1C. The molecule has 0 aliphatic heterocycles. The highest BCUT2D eigenvalue weighted by atomic mass is 16.6. The number of nitrogens with one attached hydrogen (secondary N) is 1. The molecular formula is C13H23NO2. The molecule has 1 rings (SSSR count). The van der Waals surface area contributed by atoms with Crippen molar-refractivity contribution in [3.8, 4) is 0 Å². The summed E-state index contributed by atoms with van der Waals surface area (Å²) in [6.45, 7) is 10.0. The van der Waals surface area contributed by atoms with Crippen LogP contribution in [0.1, 0.15) is 41.0 Å². The second kappa shape index (κ2) is 4.89. The van der Waals surface area contributed by atoms with Gasteiger partial charge in [0, 0.05) is 0 Å². The third-order valence-corrected chi connectivity index (χ3v) is 2.87. The van der Waals surface area contributed by atoms with Crippen LogP contribution >= 0.6 is 0 Å². The largest absolute Gasteiger partial charge is 0.444 e. The molecule has 1 amide bonds. The van der Waals surface area contributed by atoms with Gasteiger partial charge in [-0.1, -0.05) is 26.0 Å². The zero-order valence-corrected chi connectivity index (χ0v) is 10.9. The van der Waals surface area contributed by atoms with Gasteiger partial charge in [-0.3, -0.25) is 0 Å². The Hall–Kier alpha value is -0.990. The summed E-state index contributed by atoms with van der Waals surface area (Å²) < 4.78 is 5.22. The van der Waals surface area contributed by atoms with Crippen molar-refractivity contribution >= 4 is 6.09 Å². The molecule has 1 aliphatic rings. The van der Waals surface area contributed by atoms with Crippen LogP contribution in [-0.4, -0.2) is 17.7 Å². The highest BCUT2D eigenvalue weighted by Crippen LogP contribution is 2.23. The molecule has 0 saturated heterocycles. The fourth-order valence-corrected chi connectivity index (χ4v) is 1.76.